The van der Waals surface area contributed by atoms with Crippen molar-refractivity contribution in [3.63, 3.8) is 0 Å². The Kier molecular flexibility index (Phi) is 15.7. The highest BCUT2D eigenvalue weighted by Crippen LogP contribution is 2.27. The second-order valence-electron chi connectivity index (χ2n) is 9.06. The maximum Gasteiger partial charge on any atom is 0.437 e. The van der Waals surface area contributed by atoms with E-state index in [4.69, 9.17) is 14.0 Å². The van der Waals surface area contributed by atoms with Crippen molar-refractivity contribution >= 4 is 44.3 Å². The second-order valence-corrected chi connectivity index (χ2v) is 12.2. The van der Waals surface area contributed by atoms with Gasteiger partial charge in [-0.3, -0.25) is 13.1 Å². The Bertz CT molecular complexity index is 1570. The number of halogens is 6. The average Bonchev–Trinajstić information content (AvgIpc) is 2.97. The summed E-state index contributed by atoms with van der Waals surface area (Å²) in [5, 5.41) is 5.76. The van der Waals surface area contributed by atoms with Gasteiger partial charge in [-0.2, -0.15) is 43.2 Å². The zero-order valence-corrected chi connectivity index (χ0v) is 27.2. The number of hydrogen-bond donors (Lipinski definition) is 1. The fourth-order valence-corrected chi connectivity index (χ4v) is 4.65. The summed E-state index contributed by atoms with van der Waals surface area (Å²) >= 11 is 0.0559. The highest BCUT2D eigenvalue weighted by Gasteiger charge is 2.39. The summed E-state index contributed by atoms with van der Waals surface area (Å²) in [5.41, 5.74) is -4.14. The number of hydrogen-bond acceptors (Lipinski definition) is 14. The fraction of sp³-hybridized carbons (Fsp3) is 0.440. The molecule has 0 fully saturated rings. The Hall–Kier alpha value is -3.35. The Morgan fingerprint density at radius 3 is 1.69 bits per heavy atom. The quantitative estimate of drug-likeness (QED) is 0.0338. The lowest BCUT2D eigenvalue weighted by molar-refractivity contribution is -0.196. The lowest BCUT2D eigenvalue weighted by Crippen LogP contribution is -2.31. The van der Waals surface area contributed by atoms with E-state index in [0.29, 0.717) is 6.42 Å². The van der Waals surface area contributed by atoms with Crippen LogP contribution in [0.4, 0.5) is 26.3 Å². The van der Waals surface area contributed by atoms with E-state index in [1.807, 2.05) is 0 Å². The van der Waals surface area contributed by atoms with Crippen molar-refractivity contribution < 1.29 is 79.2 Å². The summed E-state index contributed by atoms with van der Waals surface area (Å²) in [4.78, 5) is 4.57. The molecule has 0 aliphatic rings. The highest BCUT2D eigenvalue weighted by atomic mass is 32.3. The van der Waals surface area contributed by atoms with Crippen LogP contribution in [0, 0.1) is 0 Å². The van der Waals surface area contributed by atoms with E-state index < -0.39 is 80.5 Å². The molecule has 0 saturated carbocycles. The number of ether oxygens (including phenoxy) is 2. The third-order valence-electron chi connectivity index (χ3n) is 5.14. The first-order valence-corrected chi connectivity index (χ1v) is 16.9. The van der Waals surface area contributed by atoms with E-state index in [1.165, 1.54) is 6.92 Å². The van der Waals surface area contributed by atoms with Gasteiger partial charge in [0, 0.05) is 11.1 Å². The van der Waals surface area contributed by atoms with Crippen LogP contribution in [-0.2, 0) is 42.5 Å². The van der Waals surface area contributed by atoms with Crippen molar-refractivity contribution in [1.82, 2.24) is 0 Å². The number of alkyl halides is 6. The minimum absolute atomic E-state index is 0.0559. The molecule has 0 aromatic heterocycles. The maximum atomic E-state index is 13.5. The molecule has 2 rings (SSSR count). The van der Waals surface area contributed by atoms with Gasteiger partial charge in [-0.1, -0.05) is 24.2 Å². The Balaban J connectivity index is 2.10. The van der Waals surface area contributed by atoms with Crippen molar-refractivity contribution in [3.05, 3.63) is 59.7 Å². The lowest BCUT2D eigenvalue weighted by atomic mass is 10.1. The SMILES string of the molecule is CCCOOSON=C(c1ccc(OCC(COc2ccc(C(=NOS(=O)(=O)CCC)C(F)(F)F)cc2)OS(=O)(=O)O)cc1)C(F)(F)F. The molecule has 23 heteroatoms. The summed E-state index contributed by atoms with van der Waals surface area (Å²) in [5.74, 6) is -0.776. The van der Waals surface area contributed by atoms with Crippen LogP contribution in [0.2, 0.25) is 0 Å². The van der Waals surface area contributed by atoms with E-state index >= 15 is 0 Å². The first-order valence-electron chi connectivity index (χ1n) is 13.3. The fourth-order valence-electron chi connectivity index (χ4n) is 3.19. The molecule has 48 heavy (non-hydrogen) atoms. The van der Waals surface area contributed by atoms with Crippen LogP contribution in [0.15, 0.2) is 58.8 Å². The molecular weight excluding hydrogens is 730 g/mol. The van der Waals surface area contributed by atoms with Crippen molar-refractivity contribution in [2.24, 2.45) is 10.3 Å². The minimum atomic E-state index is -5.11. The summed E-state index contributed by atoms with van der Waals surface area (Å²) in [7, 11) is -9.43. The van der Waals surface area contributed by atoms with E-state index in [9.17, 15) is 43.2 Å². The largest absolute Gasteiger partial charge is 0.491 e. The average molecular weight is 759 g/mol. The lowest BCUT2D eigenvalue weighted by Gasteiger charge is -2.18. The second kappa shape index (κ2) is 18.4. The first-order chi connectivity index (χ1) is 22.3. The molecule has 0 heterocycles. The summed E-state index contributed by atoms with van der Waals surface area (Å²) < 4.78 is 164. The third-order valence-corrected chi connectivity index (χ3v) is 7.15. The molecule has 2 aromatic rings. The van der Waals surface area contributed by atoms with Gasteiger partial charge in [-0.15, -0.1) is 4.33 Å². The van der Waals surface area contributed by atoms with Crippen LogP contribution in [0.25, 0.3) is 0 Å². The Morgan fingerprint density at radius 2 is 1.27 bits per heavy atom. The first kappa shape index (κ1) is 40.8. The summed E-state index contributed by atoms with van der Waals surface area (Å²) in [6, 6.07) is 7.82. The van der Waals surface area contributed by atoms with Gasteiger partial charge >= 0.3 is 32.9 Å². The van der Waals surface area contributed by atoms with Crippen LogP contribution in [0.3, 0.4) is 0 Å². The molecular formula is C25H28F6N2O12S3. The number of benzene rings is 2. The van der Waals surface area contributed by atoms with Crippen molar-refractivity contribution in [2.75, 3.05) is 25.6 Å². The van der Waals surface area contributed by atoms with E-state index in [1.54, 1.807) is 6.92 Å². The van der Waals surface area contributed by atoms with Crippen LogP contribution >= 0.6 is 12.3 Å². The summed E-state index contributed by atoms with van der Waals surface area (Å²) in [6.07, 6.45) is -11.0. The molecule has 0 aliphatic heterocycles. The molecule has 0 aliphatic carbocycles. The highest BCUT2D eigenvalue weighted by molar-refractivity contribution is 7.89. The maximum absolute atomic E-state index is 13.5. The van der Waals surface area contributed by atoms with E-state index in [-0.39, 0.29) is 36.9 Å². The van der Waals surface area contributed by atoms with Crippen LogP contribution in [-0.4, -0.2) is 76.8 Å². The Labute approximate surface area is 275 Å². The molecule has 0 saturated heterocycles. The van der Waals surface area contributed by atoms with Gasteiger partial charge in [-0.05, 0) is 61.4 Å². The molecule has 0 amide bonds. The molecule has 14 nitrogen and oxygen atoms in total. The van der Waals surface area contributed by atoms with Crippen LogP contribution in [0.1, 0.15) is 37.8 Å². The van der Waals surface area contributed by atoms with Gasteiger partial charge in [0.05, 0.1) is 12.4 Å². The molecule has 0 bridgehead atoms. The van der Waals surface area contributed by atoms with Gasteiger partial charge in [-0.25, -0.2) is 9.07 Å². The van der Waals surface area contributed by atoms with Crippen molar-refractivity contribution in [2.45, 2.75) is 45.1 Å². The van der Waals surface area contributed by atoms with Gasteiger partial charge in [0.25, 0.3) is 12.3 Å². The molecule has 1 atom stereocenters. The van der Waals surface area contributed by atoms with Gasteiger partial charge in [0.1, 0.15) is 30.8 Å². The van der Waals surface area contributed by atoms with Crippen LogP contribution in [0.5, 0.6) is 11.5 Å². The monoisotopic (exact) mass is 758 g/mol. The molecule has 2 aromatic carbocycles. The third kappa shape index (κ3) is 15.3. The number of oxime groups is 2. The normalized spacial score (nSPS) is 14.0. The van der Waals surface area contributed by atoms with Gasteiger partial charge in [0.2, 0.25) is 0 Å². The standard InChI is InChI=1S/C25H28F6N2O12S3/c1-3-13-41-45-46-43-32-22(24(26,27)28)17-5-9-19(10-6-17)39-15-21(42-48(36,37)38)16-40-20-11-7-18(8-12-20)23(25(29,30)31)33-44-47(34,35)14-4-2/h5-12,21H,3-4,13-16H2,1-2H3,(H,36,37,38). The van der Waals surface area contributed by atoms with Gasteiger partial charge in [0.15, 0.2) is 11.4 Å². The topological polar surface area (TPSA) is 178 Å². The number of nitrogens with zero attached hydrogens (tertiary/aromatic N) is 2. The molecule has 1 unspecified atom stereocenters. The molecule has 0 spiro atoms. The zero-order valence-electron chi connectivity index (χ0n) is 24.8. The molecule has 0 radical (unpaired) electrons. The predicted octanol–water partition coefficient (Wildman–Crippen LogP) is 5.56. The number of rotatable bonds is 20. The molecule has 270 valence electrons. The smallest absolute Gasteiger partial charge is 0.437 e. The molecule has 1 N–H and O–H groups in total. The summed E-state index contributed by atoms with van der Waals surface area (Å²) in [6.45, 7) is 2.08. The van der Waals surface area contributed by atoms with Crippen molar-refractivity contribution in [3.8, 4) is 11.5 Å². The van der Waals surface area contributed by atoms with E-state index in [0.717, 1.165) is 48.5 Å². The van der Waals surface area contributed by atoms with Crippen LogP contribution < -0.4 is 9.47 Å². The van der Waals surface area contributed by atoms with Crippen molar-refractivity contribution in [1.29, 1.82) is 0 Å². The Morgan fingerprint density at radius 1 is 0.792 bits per heavy atom. The van der Waals surface area contributed by atoms with E-state index in [2.05, 4.69) is 32.3 Å². The predicted molar refractivity (Wildman–Crippen MR) is 157 cm³/mol. The van der Waals surface area contributed by atoms with Gasteiger partial charge < -0.3 is 9.47 Å². The zero-order chi connectivity index (χ0) is 36.0. The minimum Gasteiger partial charge on any atom is -0.491 e.